The monoisotopic (exact) mass is 414 g/mol. The van der Waals surface area contributed by atoms with E-state index in [1.54, 1.807) is 18.2 Å². The minimum absolute atomic E-state index is 0.0609. The number of ether oxygens (including phenoxy) is 1. The molecular weight excluding hydrogens is 388 g/mol. The van der Waals surface area contributed by atoms with E-state index in [0.717, 1.165) is 37.1 Å². The molecule has 0 saturated carbocycles. The first-order chi connectivity index (χ1) is 15.1. The van der Waals surface area contributed by atoms with Crippen LogP contribution >= 0.6 is 0 Å². The summed E-state index contributed by atoms with van der Waals surface area (Å²) in [7, 11) is 0. The minimum atomic E-state index is 0.0609. The van der Waals surface area contributed by atoms with Crippen molar-refractivity contribution in [2.45, 2.75) is 32.3 Å². The number of aromatic hydroxyl groups is 1. The molecule has 0 amide bonds. The number of nitriles is 1. The van der Waals surface area contributed by atoms with Gasteiger partial charge >= 0.3 is 0 Å². The first-order valence-electron chi connectivity index (χ1n) is 10.5. The summed E-state index contributed by atoms with van der Waals surface area (Å²) >= 11 is 0. The third-order valence-electron chi connectivity index (χ3n) is 5.70. The van der Waals surface area contributed by atoms with Gasteiger partial charge in [0, 0.05) is 6.54 Å². The van der Waals surface area contributed by atoms with Gasteiger partial charge in [-0.1, -0.05) is 35.9 Å². The number of phenolic OH excluding ortho intramolecular Hbond substituents is 1. The summed E-state index contributed by atoms with van der Waals surface area (Å²) in [4.78, 5) is 4.45. The molecule has 4 N–H and O–H groups in total. The summed E-state index contributed by atoms with van der Waals surface area (Å²) in [5.74, 6) is 0.930. The predicted octanol–water partition coefficient (Wildman–Crippen LogP) is 4.26. The van der Waals surface area contributed by atoms with Gasteiger partial charge in [0.15, 0.2) is 0 Å². The summed E-state index contributed by atoms with van der Waals surface area (Å²) in [6.45, 7) is 4.16. The van der Waals surface area contributed by atoms with Crippen LogP contribution in [-0.4, -0.2) is 23.2 Å². The molecule has 0 bridgehead atoms. The maximum Gasteiger partial charge on any atom is 0.142 e. The number of hydrogen-bond donors (Lipinski definition) is 3. The highest BCUT2D eigenvalue weighted by molar-refractivity contribution is 5.76. The predicted molar refractivity (Wildman–Crippen MR) is 121 cm³/mol. The Kier molecular flexibility index (Phi) is 6.06. The Labute approximate surface area is 182 Å². The number of pyridine rings is 1. The summed E-state index contributed by atoms with van der Waals surface area (Å²) < 4.78 is 6.06. The number of nitrogen functional groups attached to an aromatic ring is 1. The van der Waals surface area contributed by atoms with Crippen molar-refractivity contribution in [1.29, 1.82) is 5.26 Å². The molecule has 1 saturated heterocycles. The van der Waals surface area contributed by atoms with Crippen molar-refractivity contribution in [1.82, 2.24) is 10.3 Å². The van der Waals surface area contributed by atoms with Crippen LogP contribution in [0.4, 0.5) is 5.82 Å². The standard InChI is InChI=1S/C25H26N4O2/c1-16-7-9-17(10-8-16)15-31-23-6-2-5-22(30)24(23)21-12-19(18-4-3-11-28-14-18)20(13-26)25(27)29-21/h2,5-10,12,18,28,30H,3-4,11,14-15H2,1H3,(H2,27,29). The Morgan fingerprint density at radius 3 is 2.77 bits per heavy atom. The number of hydrogen-bond acceptors (Lipinski definition) is 6. The molecular formula is C25H26N4O2. The Bertz CT molecular complexity index is 1110. The van der Waals surface area contributed by atoms with Crippen molar-refractivity contribution in [2.75, 3.05) is 18.8 Å². The zero-order valence-corrected chi connectivity index (χ0v) is 17.6. The average Bonchev–Trinajstić information content (AvgIpc) is 2.79. The van der Waals surface area contributed by atoms with E-state index in [4.69, 9.17) is 10.5 Å². The highest BCUT2D eigenvalue weighted by Gasteiger charge is 2.23. The van der Waals surface area contributed by atoms with Gasteiger partial charge in [-0.05, 0) is 61.6 Å². The molecule has 0 spiro atoms. The van der Waals surface area contributed by atoms with Gasteiger partial charge in [-0.2, -0.15) is 5.26 Å². The third kappa shape index (κ3) is 4.47. The molecule has 31 heavy (non-hydrogen) atoms. The van der Waals surface area contributed by atoms with Crippen molar-refractivity contribution < 1.29 is 9.84 Å². The van der Waals surface area contributed by atoms with Crippen LogP contribution in [0.3, 0.4) is 0 Å². The van der Waals surface area contributed by atoms with E-state index in [0.29, 0.717) is 29.2 Å². The van der Waals surface area contributed by atoms with Crippen LogP contribution in [0.2, 0.25) is 0 Å². The summed E-state index contributed by atoms with van der Waals surface area (Å²) in [5, 5.41) is 23.7. The maximum atomic E-state index is 10.7. The summed E-state index contributed by atoms with van der Waals surface area (Å²) in [6, 6.07) is 17.3. The second-order valence-electron chi connectivity index (χ2n) is 7.94. The molecule has 6 nitrogen and oxygen atoms in total. The summed E-state index contributed by atoms with van der Waals surface area (Å²) in [6.07, 6.45) is 2.01. The van der Waals surface area contributed by atoms with Crippen LogP contribution in [0.1, 0.15) is 41.0 Å². The zero-order chi connectivity index (χ0) is 21.8. The molecule has 4 rings (SSSR count). The fourth-order valence-electron chi connectivity index (χ4n) is 4.02. The molecule has 1 aliphatic heterocycles. The van der Waals surface area contributed by atoms with E-state index in [2.05, 4.69) is 16.4 Å². The van der Waals surface area contributed by atoms with Crippen LogP contribution in [0.15, 0.2) is 48.5 Å². The van der Waals surface area contributed by atoms with E-state index in [-0.39, 0.29) is 17.5 Å². The number of aromatic nitrogens is 1. The molecule has 0 aliphatic carbocycles. The van der Waals surface area contributed by atoms with Gasteiger partial charge in [0.05, 0.1) is 16.8 Å². The Hall–Kier alpha value is -3.56. The molecule has 1 fully saturated rings. The van der Waals surface area contributed by atoms with Crippen molar-refractivity contribution in [2.24, 2.45) is 0 Å². The molecule has 0 radical (unpaired) electrons. The topological polar surface area (TPSA) is 104 Å². The smallest absolute Gasteiger partial charge is 0.142 e. The molecule has 1 atom stereocenters. The fraction of sp³-hybridized carbons (Fsp3) is 0.280. The van der Waals surface area contributed by atoms with E-state index >= 15 is 0 Å². The van der Waals surface area contributed by atoms with Crippen molar-refractivity contribution in [3.05, 3.63) is 70.8 Å². The van der Waals surface area contributed by atoms with Crippen molar-refractivity contribution in [3.63, 3.8) is 0 Å². The lowest BCUT2D eigenvalue weighted by atomic mass is 9.88. The summed E-state index contributed by atoms with van der Waals surface area (Å²) in [5.41, 5.74) is 10.7. The molecule has 1 unspecified atom stereocenters. The first kappa shape index (κ1) is 20.7. The lowest BCUT2D eigenvalue weighted by molar-refractivity contribution is 0.306. The number of piperidine rings is 1. The molecule has 1 aromatic heterocycles. The highest BCUT2D eigenvalue weighted by atomic mass is 16.5. The zero-order valence-electron chi connectivity index (χ0n) is 17.6. The third-order valence-corrected chi connectivity index (χ3v) is 5.70. The quantitative estimate of drug-likeness (QED) is 0.576. The van der Waals surface area contributed by atoms with Gasteiger partial charge < -0.3 is 20.9 Å². The maximum absolute atomic E-state index is 10.7. The van der Waals surface area contributed by atoms with Crippen LogP contribution in [0.25, 0.3) is 11.3 Å². The lowest BCUT2D eigenvalue weighted by Gasteiger charge is -2.25. The largest absolute Gasteiger partial charge is 0.507 e. The van der Waals surface area contributed by atoms with Crippen molar-refractivity contribution in [3.8, 4) is 28.8 Å². The highest BCUT2D eigenvalue weighted by Crippen LogP contribution is 2.40. The molecule has 2 aromatic carbocycles. The number of rotatable bonds is 5. The minimum Gasteiger partial charge on any atom is -0.507 e. The van der Waals surface area contributed by atoms with E-state index in [1.807, 2.05) is 37.3 Å². The van der Waals surface area contributed by atoms with E-state index in [9.17, 15) is 10.4 Å². The molecule has 2 heterocycles. The van der Waals surface area contributed by atoms with Crippen molar-refractivity contribution >= 4 is 5.82 Å². The molecule has 6 heteroatoms. The number of nitrogens with zero attached hydrogens (tertiary/aromatic N) is 2. The van der Waals surface area contributed by atoms with Gasteiger partial charge in [0.1, 0.15) is 30.0 Å². The van der Waals surface area contributed by atoms with Gasteiger partial charge in [0.25, 0.3) is 0 Å². The van der Waals surface area contributed by atoms with Crippen LogP contribution < -0.4 is 15.8 Å². The number of nitrogens with two attached hydrogens (primary N) is 1. The van der Waals surface area contributed by atoms with Crippen LogP contribution in [0, 0.1) is 18.3 Å². The van der Waals surface area contributed by atoms with Gasteiger partial charge in [-0.15, -0.1) is 0 Å². The molecule has 158 valence electrons. The van der Waals surface area contributed by atoms with Crippen LogP contribution in [0.5, 0.6) is 11.5 Å². The van der Waals surface area contributed by atoms with Gasteiger partial charge in [0.2, 0.25) is 0 Å². The number of aryl methyl sites for hydroxylation is 1. The van der Waals surface area contributed by atoms with E-state index < -0.39 is 0 Å². The average molecular weight is 415 g/mol. The first-order valence-corrected chi connectivity index (χ1v) is 10.5. The molecule has 1 aliphatic rings. The normalized spacial score (nSPS) is 15.9. The second kappa shape index (κ2) is 9.07. The number of anilines is 1. The Morgan fingerprint density at radius 2 is 2.06 bits per heavy atom. The second-order valence-corrected chi connectivity index (χ2v) is 7.94. The Morgan fingerprint density at radius 1 is 1.26 bits per heavy atom. The fourth-order valence-corrected chi connectivity index (χ4v) is 4.02. The molecule has 3 aromatic rings. The SMILES string of the molecule is Cc1ccc(COc2cccc(O)c2-c2cc(C3CCCNC3)c(C#N)c(N)n2)cc1. The van der Waals surface area contributed by atoms with E-state index in [1.165, 1.54) is 5.56 Å². The van der Waals surface area contributed by atoms with Gasteiger partial charge in [-0.3, -0.25) is 0 Å². The van der Waals surface area contributed by atoms with Crippen LogP contribution in [-0.2, 0) is 6.61 Å². The Balaban J connectivity index is 1.72. The lowest BCUT2D eigenvalue weighted by Crippen LogP contribution is -2.29. The number of benzene rings is 2. The number of phenols is 1. The number of nitrogens with one attached hydrogen (secondary N) is 1. The van der Waals surface area contributed by atoms with Gasteiger partial charge in [-0.25, -0.2) is 4.98 Å².